The summed E-state index contributed by atoms with van der Waals surface area (Å²) in [5.41, 5.74) is -0.702. The number of sulfone groups is 1. The highest BCUT2D eigenvalue weighted by Crippen LogP contribution is 2.32. The summed E-state index contributed by atoms with van der Waals surface area (Å²) in [4.78, 5) is 36.1. The van der Waals surface area contributed by atoms with E-state index >= 15 is 0 Å². The third-order valence-corrected chi connectivity index (χ3v) is 5.46. The van der Waals surface area contributed by atoms with Gasteiger partial charge in [-0.25, -0.2) is 8.42 Å². The van der Waals surface area contributed by atoms with Crippen molar-refractivity contribution in [3.05, 3.63) is 40.4 Å². The fourth-order valence-electron chi connectivity index (χ4n) is 2.64. The van der Waals surface area contributed by atoms with Crippen LogP contribution in [0.3, 0.4) is 0 Å². The molecule has 6 nitrogen and oxygen atoms in total. The smallest absolute Gasteiger partial charge is 0.367 e. The maximum Gasteiger partial charge on any atom is 0.411 e. The van der Waals surface area contributed by atoms with Gasteiger partial charge in [0.2, 0.25) is 0 Å². The van der Waals surface area contributed by atoms with Gasteiger partial charge in [-0.05, 0) is 18.2 Å². The van der Waals surface area contributed by atoms with Crippen LogP contribution >= 0.6 is 11.6 Å². The zero-order valence-corrected chi connectivity index (χ0v) is 16.0. The molecule has 0 spiro atoms. The Kier molecular flexibility index (Phi) is 6.47. The molecular weight excluding hydrogens is 425 g/mol. The van der Waals surface area contributed by atoms with Crippen LogP contribution in [-0.4, -0.2) is 44.8 Å². The van der Waals surface area contributed by atoms with Gasteiger partial charge in [0.15, 0.2) is 27.2 Å². The van der Waals surface area contributed by atoms with Crippen molar-refractivity contribution in [2.45, 2.75) is 24.1 Å². The van der Waals surface area contributed by atoms with Gasteiger partial charge in [-0.1, -0.05) is 17.7 Å². The van der Waals surface area contributed by atoms with E-state index in [0.29, 0.717) is 0 Å². The minimum atomic E-state index is -4.65. The molecule has 1 atom stereocenters. The number of ketones is 3. The number of benzene rings is 1. The number of allylic oxidation sites excluding steroid dienone is 2. The first kappa shape index (κ1) is 22.3. The molecule has 0 bridgehead atoms. The molecule has 0 N–H and O–H groups in total. The summed E-state index contributed by atoms with van der Waals surface area (Å²) in [5, 5.41) is -0.481. The van der Waals surface area contributed by atoms with Crippen molar-refractivity contribution >= 4 is 38.8 Å². The summed E-state index contributed by atoms with van der Waals surface area (Å²) in [6, 6.07) is 2.00. The molecule has 0 amide bonds. The third-order valence-electron chi connectivity index (χ3n) is 3.85. The molecule has 1 aromatic carbocycles. The largest absolute Gasteiger partial charge is 0.411 e. The normalized spacial score (nSPS) is 17.8. The minimum Gasteiger partial charge on any atom is -0.367 e. The number of ether oxygens (including phenoxy) is 1. The van der Waals surface area contributed by atoms with Gasteiger partial charge in [0.25, 0.3) is 0 Å². The summed E-state index contributed by atoms with van der Waals surface area (Å²) < 4.78 is 65.3. The second kappa shape index (κ2) is 8.14. The lowest BCUT2D eigenvalue weighted by molar-refractivity contribution is -0.176. The van der Waals surface area contributed by atoms with E-state index in [2.05, 4.69) is 4.74 Å². The second-order valence-corrected chi connectivity index (χ2v) is 8.42. The number of carbonyl (C=O) groups excluding carboxylic acids is 3. The van der Waals surface area contributed by atoms with E-state index in [1.807, 2.05) is 0 Å². The van der Waals surface area contributed by atoms with Gasteiger partial charge in [0.05, 0.1) is 16.5 Å². The standard InChI is InChI=1S/C17H14ClF3O6S/c1-28(25,26)13-6-5-9(15(18)10(13)7-27-8-17(19,20)21)16(24)14-11(22)3-2-4-12(14)23/h2-3,5-6,14H,4,7-8H2,1H3/t14-/m0/s1. The molecule has 28 heavy (non-hydrogen) atoms. The maximum atomic E-state index is 12.7. The Morgan fingerprint density at radius 2 is 1.93 bits per heavy atom. The lowest BCUT2D eigenvalue weighted by Crippen LogP contribution is -2.33. The number of halogens is 4. The Labute approximate surface area is 163 Å². The number of rotatable bonds is 6. The molecular formula is C17H14ClF3O6S. The molecule has 0 aliphatic heterocycles. The van der Waals surface area contributed by atoms with Crippen LogP contribution in [0.25, 0.3) is 0 Å². The zero-order valence-electron chi connectivity index (χ0n) is 14.4. The van der Waals surface area contributed by atoms with E-state index in [1.165, 1.54) is 6.08 Å². The highest BCUT2D eigenvalue weighted by molar-refractivity contribution is 7.90. The number of hydrogen-bond donors (Lipinski definition) is 0. The zero-order chi connectivity index (χ0) is 21.3. The Hall–Kier alpha value is -2.04. The molecule has 0 heterocycles. The number of Topliss-reactive ketones (excluding diaryl/α,β-unsaturated/α-hetero) is 2. The van der Waals surface area contributed by atoms with Crippen molar-refractivity contribution in [3.8, 4) is 0 Å². The number of hydrogen-bond acceptors (Lipinski definition) is 6. The predicted octanol–water partition coefficient (Wildman–Crippen LogP) is 2.72. The Morgan fingerprint density at radius 3 is 2.46 bits per heavy atom. The quantitative estimate of drug-likeness (QED) is 0.500. The van der Waals surface area contributed by atoms with Crippen molar-refractivity contribution < 1.29 is 40.7 Å². The average Bonchev–Trinajstić information content (AvgIpc) is 2.53. The summed E-state index contributed by atoms with van der Waals surface area (Å²) in [7, 11) is -3.91. The first-order valence-electron chi connectivity index (χ1n) is 7.76. The van der Waals surface area contributed by atoms with E-state index in [9.17, 15) is 36.0 Å². The molecule has 0 aromatic heterocycles. The molecule has 1 aliphatic rings. The van der Waals surface area contributed by atoms with Crippen molar-refractivity contribution in [1.82, 2.24) is 0 Å². The first-order valence-corrected chi connectivity index (χ1v) is 10.0. The highest BCUT2D eigenvalue weighted by Gasteiger charge is 2.36. The molecule has 11 heteroatoms. The van der Waals surface area contributed by atoms with Crippen LogP contribution < -0.4 is 0 Å². The Morgan fingerprint density at radius 1 is 1.29 bits per heavy atom. The molecule has 0 unspecified atom stereocenters. The average molecular weight is 439 g/mol. The van der Waals surface area contributed by atoms with Crippen LogP contribution in [0.15, 0.2) is 29.2 Å². The molecule has 1 aliphatic carbocycles. The Balaban J connectivity index is 2.48. The minimum absolute atomic E-state index is 0.136. The van der Waals surface area contributed by atoms with Crippen molar-refractivity contribution in [1.29, 1.82) is 0 Å². The lowest BCUT2D eigenvalue weighted by Gasteiger charge is -2.18. The molecule has 0 saturated heterocycles. The van der Waals surface area contributed by atoms with E-state index in [1.54, 1.807) is 0 Å². The summed E-state index contributed by atoms with van der Waals surface area (Å²) in [6.45, 7) is -2.50. The van der Waals surface area contributed by atoms with Gasteiger partial charge < -0.3 is 4.74 Å². The molecule has 152 valence electrons. The number of alkyl halides is 3. The van der Waals surface area contributed by atoms with Gasteiger partial charge in [-0.15, -0.1) is 0 Å². The van der Waals surface area contributed by atoms with Gasteiger partial charge >= 0.3 is 6.18 Å². The van der Waals surface area contributed by atoms with Crippen LogP contribution in [0.5, 0.6) is 0 Å². The number of carbonyl (C=O) groups is 3. The topological polar surface area (TPSA) is 94.6 Å². The van der Waals surface area contributed by atoms with Gasteiger partial charge in [0, 0.05) is 23.8 Å². The van der Waals surface area contributed by atoms with E-state index < -0.39 is 62.4 Å². The monoisotopic (exact) mass is 438 g/mol. The maximum absolute atomic E-state index is 12.7. The van der Waals surface area contributed by atoms with Crippen molar-refractivity contribution in [2.75, 3.05) is 12.9 Å². The van der Waals surface area contributed by atoms with Gasteiger partial charge in [-0.2, -0.15) is 13.2 Å². The van der Waals surface area contributed by atoms with Crippen LogP contribution in [0.2, 0.25) is 5.02 Å². The van der Waals surface area contributed by atoms with E-state index in [0.717, 1.165) is 24.5 Å². The van der Waals surface area contributed by atoms with Crippen molar-refractivity contribution in [2.24, 2.45) is 5.92 Å². The summed E-state index contributed by atoms with van der Waals surface area (Å²) in [6.07, 6.45) is -1.59. The second-order valence-electron chi connectivity index (χ2n) is 6.06. The third kappa shape index (κ3) is 5.06. The SMILES string of the molecule is CS(=O)(=O)c1ccc(C(=O)[C@H]2C(=O)C=CCC2=O)c(Cl)c1COCC(F)(F)F. The molecule has 1 aromatic rings. The van der Waals surface area contributed by atoms with E-state index in [-0.39, 0.29) is 17.5 Å². The first-order chi connectivity index (χ1) is 12.8. The van der Waals surface area contributed by atoms with E-state index in [4.69, 9.17) is 11.6 Å². The van der Waals surface area contributed by atoms with Gasteiger partial charge in [0.1, 0.15) is 12.5 Å². The van der Waals surface area contributed by atoms with Crippen LogP contribution in [0, 0.1) is 5.92 Å². The van der Waals surface area contributed by atoms with Crippen LogP contribution in [-0.2, 0) is 30.8 Å². The molecule has 2 rings (SSSR count). The Bertz CT molecular complexity index is 966. The molecule has 0 fully saturated rings. The molecule has 0 radical (unpaired) electrons. The summed E-state index contributed by atoms with van der Waals surface area (Å²) >= 11 is 6.09. The molecule has 0 saturated carbocycles. The fraction of sp³-hybridized carbons (Fsp3) is 0.353. The lowest BCUT2D eigenvalue weighted by atomic mass is 9.85. The predicted molar refractivity (Wildman–Crippen MR) is 91.9 cm³/mol. The van der Waals surface area contributed by atoms with Gasteiger partial charge in [-0.3, -0.25) is 14.4 Å². The highest BCUT2D eigenvalue weighted by atomic mass is 35.5. The fourth-order valence-corrected chi connectivity index (χ4v) is 3.93. The van der Waals surface area contributed by atoms with Crippen LogP contribution in [0.1, 0.15) is 22.3 Å². The van der Waals surface area contributed by atoms with Crippen molar-refractivity contribution in [3.63, 3.8) is 0 Å². The van der Waals surface area contributed by atoms with Crippen LogP contribution in [0.4, 0.5) is 13.2 Å². The summed E-state index contributed by atoms with van der Waals surface area (Å²) in [5.74, 6) is -3.99.